The van der Waals surface area contributed by atoms with Gasteiger partial charge in [-0.1, -0.05) is 13.8 Å². The SMILES string of the molecule is CC(C)C[C@H](N)C(=O)OC(=O)[C@@H](N)CC(N)=O. The van der Waals surface area contributed by atoms with Crippen molar-refractivity contribution >= 4 is 17.8 Å². The first-order valence-corrected chi connectivity index (χ1v) is 5.29. The second kappa shape index (κ2) is 6.97. The fourth-order valence-corrected chi connectivity index (χ4v) is 1.15. The number of primary amides is 1. The Morgan fingerprint density at radius 2 is 1.53 bits per heavy atom. The number of carbonyl (C=O) groups is 3. The fourth-order valence-electron chi connectivity index (χ4n) is 1.15. The van der Waals surface area contributed by atoms with Gasteiger partial charge in [0.25, 0.3) is 0 Å². The molecule has 98 valence electrons. The summed E-state index contributed by atoms with van der Waals surface area (Å²) < 4.78 is 4.44. The summed E-state index contributed by atoms with van der Waals surface area (Å²) in [6.45, 7) is 3.77. The van der Waals surface area contributed by atoms with Gasteiger partial charge in [0.2, 0.25) is 5.91 Å². The van der Waals surface area contributed by atoms with Crippen molar-refractivity contribution in [1.29, 1.82) is 0 Å². The van der Waals surface area contributed by atoms with Crippen LogP contribution in [0.3, 0.4) is 0 Å². The average molecular weight is 245 g/mol. The second-order valence-electron chi connectivity index (χ2n) is 4.25. The molecule has 2 atom stereocenters. The number of esters is 2. The van der Waals surface area contributed by atoms with Gasteiger partial charge in [0.15, 0.2) is 0 Å². The number of hydrogen-bond donors (Lipinski definition) is 3. The summed E-state index contributed by atoms with van der Waals surface area (Å²) in [7, 11) is 0. The lowest BCUT2D eigenvalue weighted by atomic mass is 10.1. The van der Waals surface area contributed by atoms with Crippen LogP contribution in [0.1, 0.15) is 26.7 Å². The van der Waals surface area contributed by atoms with Gasteiger partial charge in [-0.25, -0.2) is 9.59 Å². The van der Waals surface area contributed by atoms with E-state index < -0.39 is 29.9 Å². The van der Waals surface area contributed by atoms with Crippen molar-refractivity contribution < 1.29 is 19.1 Å². The van der Waals surface area contributed by atoms with E-state index in [0.29, 0.717) is 6.42 Å². The molecule has 0 saturated carbocycles. The highest BCUT2D eigenvalue weighted by Crippen LogP contribution is 2.04. The molecular formula is C10H19N3O4. The summed E-state index contributed by atoms with van der Waals surface area (Å²) >= 11 is 0. The third kappa shape index (κ3) is 6.64. The van der Waals surface area contributed by atoms with Crippen LogP contribution in [0, 0.1) is 5.92 Å². The largest absolute Gasteiger partial charge is 0.391 e. The first-order valence-electron chi connectivity index (χ1n) is 5.29. The first kappa shape index (κ1) is 15.5. The quantitative estimate of drug-likeness (QED) is 0.390. The van der Waals surface area contributed by atoms with Crippen LogP contribution >= 0.6 is 0 Å². The highest BCUT2D eigenvalue weighted by Gasteiger charge is 2.24. The van der Waals surface area contributed by atoms with Gasteiger partial charge in [0, 0.05) is 0 Å². The molecule has 0 aliphatic heterocycles. The van der Waals surface area contributed by atoms with Crippen molar-refractivity contribution in [1.82, 2.24) is 0 Å². The second-order valence-corrected chi connectivity index (χ2v) is 4.25. The molecule has 7 nitrogen and oxygen atoms in total. The van der Waals surface area contributed by atoms with Crippen molar-refractivity contribution in [2.75, 3.05) is 0 Å². The number of amides is 1. The Balaban J connectivity index is 4.19. The standard InChI is InChI=1S/C10H19N3O4/c1-5(2)3-6(11)9(15)17-10(16)7(12)4-8(13)14/h5-7H,3-4,11-12H2,1-2H3,(H2,13,14)/t6-,7-/m0/s1. The molecule has 0 radical (unpaired) electrons. The molecule has 0 aromatic rings. The van der Waals surface area contributed by atoms with Crippen LogP contribution in [0.2, 0.25) is 0 Å². The van der Waals surface area contributed by atoms with Gasteiger partial charge in [0.05, 0.1) is 6.42 Å². The van der Waals surface area contributed by atoms with E-state index in [4.69, 9.17) is 17.2 Å². The third-order valence-electron chi connectivity index (χ3n) is 1.95. The lowest BCUT2D eigenvalue weighted by molar-refractivity contribution is -0.162. The minimum atomic E-state index is -1.23. The summed E-state index contributed by atoms with van der Waals surface area (Å²) in [5, 5.41) is 0. The minimum absolute atomic E-state index is 0.201. The summed E-state index contributed by atoms with van der Waals surface area (Å²) in [6.07, 6.45) is 0.0305. The molecule has 0 rings (SSSR count). The van der Waals surface area contributed by atoms with Gasteiger partial charge >= 0.3 is 11.9 Å². The highest BCUT2D eigenvalue weighted by molar-refractivity contribution is 5.92. The lowest BCUT2D eigenvalue weighted by Gasteiger charge is -2.14. The van der Waals surface area contributed by atoms with Crippen LogP contribution in [-0.2, 0) is 19.1 Å². The Kier molecular flexibility index (Phi) is 6.37. The predicted octanol–water partition coefficient (Wildman–Crippen LogP) is -1.37. The molecule has 0 spiro atoms. The Hall–Kier alpha value is -1.47. The van der Waals surface area contributed by atoms with E-state index in [9.17, 15) is 14.4 Å². The molecule has 0 heterocycles. The van der Waals surface area contributed by atoms with Gasteiger partial charge in [-0.15, -0.1) is 0 Å². The van der Waals surface area contributed by atoms with E-state index in [0.717, 1.165) is 0 Å². The Labute approximate surface area is 99.6 Å². The first-order chi connectivity index (χ1) is 7.73. The smallest absolute Gasteiger partial charge is 0.331 e. The predicted molar refractivity (Wildman–Crippen MR) is 60.3 cm³/mol. The van der Waals surface area contributed by atoms with E-state index in [1.807, 2.05) is 13.8 Å². The summed E-state index contributed by atoms with van der Waals surface area (Å²) in [5.74, 6) is -2.38. The van der Waals surface area contributed by atoms with Crippen LogP contribution < -0.4 is 17.2 Å². The summed E-state index contributed by atoms with van der Waals surface area (Å²) in [4.78, 5) is 33.1. The number of rotatable bonds is 6. The molecule has 0 bridgehead atoms. The maximum atomic E-state index is 11.3. The van der Waals surface area contributed by atoms with Gasteiger partial charge < -0.3 is 21.9 Å². The molecule has 0 fully saturated rings. The van der Waals surface area contributed by atoms with Crippen LogP contribution in [0.5, 0.6) is 0 Å². The fraction of sp³-hybridized carbons (Fsp3) is 0.700. The maximum Gasteiger partial charge on any atom is 0.331 e. The van der Waals surface area contributed by atoms with Crippen molar-refractivity contribution in [2.24, 2.45) is 23.1 Å². The number of hydrogen-bond acceptors (Lipinski definition) is 6. The van der Waals surface area contributed by atoms with Crippen LogP contribution in [0.25, 0.3) is 0 Å². The van der Waals surface area contributed by atoms with E-state index in [2.05, 4.69) is 4.74 Å². The van der Waals surface area contributed by atoms with E-state index in [-0.39, 0.29) is 12.3 Å². The van der Waals surface area contributed by atoms with Crippen molar-refractivity contribution in [3.05, 3.63) is 0 Å². The van der Waals surface area contributed by atoms with Crippen LogP contribution in [0.4, 0.5) is 0 Å². The molecule has 0 saturated heterocycles. The molecule has 0 aliphatic rings. The molecule has 0 unspecified atom stereocenters. The Morgan fingerprint density at radius 1 is 1.06 bits per heavy atom. The summed E-state index contributed by atoms with van der Waals surface area (Å²) in [5.41, 5.74) is 15.7. The summed E-state index contributed by atoms with van der Waals surface area (Å²) in [6, 6.07) is -2.11. The normalized spacial score (nSPS) is 14.2. The van der Waals surface area contributed by atoms with Crippen LogP contribution in [0.15, 0.2) is 0 Å². The Bertz CT molecular complexity index is 304. The molecule has 1 amide bonds. The van der Waals surface area contributed by atoms with E-state index in [1.165, 1.54) is 0 Å². The lowest BCUT2D eigenvalue weighted by Crippen LogP contribution is -2.41. The van der Waals surface area contributed by atoms with Gasteiger partial charge in [-0.2, -0.15) is 0 Å². The maximum absolute atomic E-state index is 11.3. The number of ether oxygens (including phenoxy) is 1. The number of carbonyl (C=O) groups excluding carboxylic acids is 3. The molecule has 0 aromatic carbocycles. The zero-order valence-corrected chi connectivity index (χ0v) is 10.0. The monoisotopic (exact) mass is 245 g/mol. The highest BCUT2D eigenvalue weighted by atomic mass is 16.6. The molecular weight excluding hydrogens is 226 g/mol. The van der Waals surface area contributed by atoms with Gasteiger partial charge in [-0.05, 0) is 12.3 Å². The molecule has 6 N–H and O–H groups in total. The van der Waals surface area contributed by atoms with Crippen molar-refractivity contribution in [3.8, 4) is 0 Å². The van der Waals surface area contributed by atoms with Crippen molar-refractivity contribution in [3.63, 3.8) is 0 Å². The van der Waals surface area contributed by atoms with Gasteiger partial charge in [0.1, 0.15) is 12.1 Å². The number of nitrogens with two attached hydrogens (primary N) is 3. The third-order valence-corrected chi connectivity index (χ3v) is 1.95. The molecule has 7 heteroatoms. The van der Waals surface area contributed by atoms with Crippen molar-refractivity contribution in [2.45, 2.75) is 38.8 Å². The van der Waals surface area contributed by atoms with Gasteiger partial charge in [-0.3, -0.25) is 4.79 Å². The zero-order chi connectivity index (χ0) is 13.6. The molecule has 0 aromatic heterocycles. The Morgan fingerprint density at radius 3 is 1.94 bits per heavy atom. The topological polar surface area (TPSA) is 138 Å². The minimum Gasteiger partial charge on any atom is -0.391 e. The van der Waals surface area contributed by atoms with E-state index >= 15 is 0 Å². The average Bonchev–Trinajstić information content (AvgIpc) is 2.15. The van der Waals surface area contributed by atoms with E-state index in [1.54, 1.807) is 0 Å². The van der Waals surface area contributed by atoms with Crippen LogP contribution in [-0.4, -0.2) is 29.9 Å². The molecule has 17 heavy (non-hydrogen) atoms. The molecule has 0 aliphatic carbocycles. The zero-order valence-electron chi connectivity index (χ0n) is 10.0.